The summed E-state index contributed by atoms with van der Waals surface area (Å²) in [5.74, 6) is -0.373. The molecule has 4 rings (SSSR count). The third-order valence-corrected chi connectivity index (χ3v) is 5.14. The predicted octanol–water partition coefficient (Wildman–Crippen LogP) is 3.73. The van der Waals surface area contributed by atoms with Crippen LogP contribution in [0.5, 0.6) is 0 Å². The number of hydrogen-bond acceptors (Lipinski definition) is 5. The number of allylic oxidation sites excluding steroid dienone is 4. The topological polar surface area (TPSA) is 96.2 Å². The van der Waals surface area contributed by atoms with Crippen LogP contribution in [0.2, 0.25) is 0 Å². The standard InChI is InChI=1S/C25H24N4O3/c1-16(2)8-9-18(14-27-32)17-5-3-6-20(13-17)29-15-22(25(31)28-19-10-11-19)23(30)21-7-4-12-26-24(21)29/h3-9,12-15,19,27,32H,1,10-11H2,2H3,(H,28,31). The largest absolute Gasteiger partial charge is 0.349 e. The van der Waals surface area contributed by atoms with Gasteiger partial charge < -0.3 is 9.88 Å². The van der Waals surface area contributed by atoms with Crippen LogP contribution in [0.25, 0.3) is 22.3 Å². The van der Waals surface area contributed by atoms with E-state index in [9.17, 15) is 14.8 Å². The number of benzene rings is 1. The molecule has 1 fully saturated rings. The fraction of sp³-hybridized carbons (Fsp3) is 0.160. The van der Waals surface area contributed by atoms with Gasteiger partial charge in [0.2, 0.25) is 5.43 Å². The normalized spacial score (nSPS) is 14.0. The molecule has 0 aliphatic heterocycles. The lowest BCUT2D eigenvalue weighted by Crippen LogP contribution is -2.31. The van der Waals surface area contributed by atoms with Gasteiger partial charge in [-0.2, -0.15) is 0 Å². The van der Waals surface area contributed by atoms with Gasteiger partial charge in [0.25, 0.3) is 5.91 Å². The molecule has 162 valence electrons. The number of carbonyl (C=O) groups excluding carboxylic acids is 1. The van der Waals surface area contributed by atoms with Crippen LogP contribution in [0.4, 0.5) is 0 Å². The average molecular weight is 428 g/mol. The van der Waals surface area contributed by atoms with Gasteiger partial charge in [0.1, 0.15) is 11.2 Å². The van der Waals surface area contributed by atoms with Gasteiger partial charge in [-0.25, -0.2) is 4.98 Å². The first-order valence-corrected chi connectivity index (χ1v) is 10.3. The Morgan fingerprint density at radius 3 is 2.78 bits per heavy atom. The van der Waals surface area contributed by atoms with Crippen molar-refractivity contribution in [2.75, 3.05) is 0 Å². The zero-order chi connectivity index (χ0) is 22.7. The number of hydroxylamine groups is 1. The molecule has 2 aromatic heterocycles. The van der Waals surface area contributed by atoms with E-state index >= 15 is 0 Å². The molecule has 32 heavy (non-hydrogen) atoms. The van der Waals surface area contributed by atoms with Gasteiger partial charge in [-0.1, -0.05) is 36.4 Å². The lowest BCUT2D eigenvalue weighted by molar-refractivity contribution is 0.0949. The van der Waals surface area contributed by atoms with Gasteiger partial charge in [0, 0.05) is 30.3 Å². The summed E-state index contributed by atoms with van der Waals surface area (Å²) in [7, 11) is 0. The molecule has 3 aromatic rings. The van der Waals surface area contributed by atoms with Crippen LogP contribution in [0.1, 0.15) is 35.7 Å². The second-order valence-corrected chi connectivity index (χ2v) is 7.82. The first kappa shape index (κ1) is 21.3. The van der Waals surface area contributed by atoms with Crippen molar-refractivity contribution in [1.29, 1.82) is 0 Å². The minimum atomic E-state index is -0.373. The zero-order valence-electron chi connectivity index (χ0n) is 17.7. The molecule has 0 spiro atoms. The van der Waals surface area contributed by atoms with E-state index in [0.29, 0.717) is 11.0 Å². The lowest BCUT2D eigenvalue weighted by atomic mass is 10.0. The number of carbonyl (C=O) groups is 1. The summed E-state index contributed by atoms with van der Waals surface area (Å²) in [4.78, 5) is 30.1. The molecular formula is C25H24N4O3. The van der Waals surface area contributed by atoms with Crippen molar-refractivity contribution in [3.05, 3.63) is 101 Å². The first-order chi connectivity index (χ1) is 15.5. The van der Waals surface area contributed by atoms with Crippen molar-refractivity contribution in [2.45, 2.75) is 25.8 Å². The summed E-state index contributed by atoms with van der Waals surface area (Å²) in [5.41, 5.74) is 5.41. The van der Waals surface area contributed by atoms with Crippen molar-refractivity contribution >= 4 is 22.5 Å². The summed E-state index contributed by atoms with van der Waals surface area (Å²) in [6, 6.07) is 11.0. The summed E-state index contributed by atoms with van der Waals surface area (Å²) in [5, 5.41) is 12.5. The van der Waals surface area contributed by atoms with Crippen molar-refractivity contribution in [2.24, 2.45) is 0 Å². The molecule has 3 N–H and O–H groups in total. The first-order valence-electron chi connectivity index (χ1n) is 10.3. The van der Waals surface area contributed by atoms with Crippen LogP contribution in [0.3, 0.4) is 0 Å². The fourth-order valence-electron chi connectivity index (χ4n) is 3.37. The number of nitrogens with one attached hydrogen (secondary N) is 2. The number of rotatable bonds is 7. The molecule has 1 aliphatic carbocycles. The third kappa shape index (κ3) is 4.53. The quantitative estimate of drug-likeness (QED) is 0.394. The van der Waals surface area contributed by atoms with E-state index in [0.717, 1.165) is 35.2 Å². The molecule has 0 radical (unpaired) electrons. The van der Waals surface area contributed by atoms with Crippen LogP contribution in [-0.4, -0.2) is 26.7 Å². The van der Waals surface area contributed by atoms with E-state index in [-0.39, 0.29) is 22.9 Å². The molecule has 7 nitrogen and oxygen atoms in total. The molecule has 0 unspecified atom stereocenters. The molecule has 0 saturated heterocycles. The average Bonchev–Trinajstić information content (AvgIpc) is 3.61. The molecule has 7 heteroatoms. The van der Waals surface area contributed by atoms with E-state index in [2.05, 4.69) is 22.4 Å². The highest BCUT2D eigenvalue weighted by Crippen LogP contribution is 2.23. The van der Waals surface area contributed by atoms with Gasteiger partial charge in [-0.05, 0) is 55.2 Å². The molecule has 1 amide bonds. The molecule has 0 bridgehead atoms. The molecule has 1 aliphatic rings. The number of hydrogen-bond donors (Lipinski definition) is 3. The Kier molecular flexibility index (Phi) is 6.00. The van der Waals surface area contributed by atoms with Crippen LogP contribution >= 0.6 is 0 Å². The number of pyridine rings is 2. The molecule has 1 aromatic carbocycles. The summed E-state index contributed by atoms with van der Waals surface area (Å²) >= 11 is 0. The zero-order valence-corrected chi connectivity index (χ0v) is 17.7. The molecule has 2 heterocycles. The van der Waals surface area contributed by atoms with E-state index in [4.69, 9.17) is 0 Å². The monoisotopic (exact) mass is 428 g/mol. The van der Waals surface area contributed by atoms with Gasteiger partial charge in [-0.3, -0.25) is 20.3 Å². The maximum absolute atomic E-state index is 13.0. The van der Waals surface area contributed by atoms with Crippen molar-refractivity contribution in [3.63, 3.8) is 0 Å². The summed E-state index contributed by atoms with van der Waals surface area (Å²) in [6.45, 7) is 5.74. The maximum Gasteiger partial charge on any atom is 0.257 e. The Balaban J connectivity index is 1.86. The maximum atomic E-state index is 13.0. The highest BCUT2D eigenvalue weighted by molar-refractivity contribution is 5.97. The van der Waals surface area contributed by atoms with Crippen molar-refractivity contribution in [1.82, 2.24) is 20.3 Å². The van der Waals surface area contributed by atoms with Crippen LogP contribution < -0.4 is 16.2 Å². The van der Waals surface area contributed by atoms with E-state index in [1.807, 2.05) is 43.3 Å². The Bertz CT molecular complexity index is 1320. The Hall–Kier alpha value is -3.97. The van der Waals surface area contributed by atoms with Crippen LogP contribution in [0, 0.1) is 0 Å². The number of nitrogens with zero attached hydrogens (tertiary/aromatic N) is 2. The molecular weight excluding hydrogens is 404 g/mol. The number of amides is 1. The third-order valence-electron chi connectivity index (χ3n) is 5.14. The number of fused-ring (bicyclic) bond motifs is 1. The van der Waals surface area contributed by atoms with Crippen molar-refractivity contribution < 1.29 is 10.0 Å². The van der Waals surface area contributed by atoms with E-state index in [1.165, 1.54) is 6.20 Å². The molecule has 1 saturated carbocycles. The smallest absolute Gasteiger partial charge is 0.257 e. The minimum absolute atomic E-state index is 0.0813. The van der Waals surface area contributed by atoms with E-state index < -0.39 is 0 Å². The highest BCUT2D eigenvalue weighted by Gasteiger charge is 2.26. The SMILES string of the molecule is C=C(C)C=CC(=CNO)c1cccc(-n2cc(C(=O)NC3CC3)c(=O)c3cccnc32)c1. The van der Waals surface area contributed by atoms with Gasteiger partial charge in [0.05, 0.1) is 5.39 Å². The highest BCUT2D eigenvalue weighted by atomic mass is 16.5. The summed E-state index contributed by atoms with van der Waals surface area (Å²) < 4.78 is 1.74. The number of aromatic nitrogens is 2. The predicted molar refractivity (Wildman–Crippen MR) is 125 cm³/mol. The second kappa shape index (κ2) is 9.03. The molecule has 0 atom stereocenters. The van der Waals surface area contributed by atoms with Crippen LogP contribution in [0.15, 0.2) is 84.1 Å². The van der Waals surface area contributed by atoms with Crippen molar-refractivity contribution in [3.8, 4) is 5.69 Å². The minimum Gasteiger partial charge on any atom is -0.349 e. The Morgan fingerprint density at radius 1 is 1.25 bits per heavy atom. The Labute approximate surface area is 185 Å². The van der Waals surface area contributed by atoms with Gasteiger partial charge in [0.15, 0.2) is 0 Å². The lowest BCUT2D eigenvalue weighted by Gasteiger charge is -2.14. The second-order valence-electron chi connectivity index (χ2n) is 7.82. The van der Waals surface area contributed by atoms with Gasteiger partial charge >= 0.3 is 0 Å². The van der Waals surface area contributed by atoms with E-state index in [1.54, 1.807) is 29.1 Å². The Morgan fingerprint density at radius 2 is 2.06 bits per heavy atom. The van der Waals surface area contributed by atoms with Gasteiger partial charge in [-0.15, -0.1) is 0 Å². The fourth-order valence-corrected chi connectivity index (χ4v) is 3.37. The van der Waals surface area contributed by atoms with Crippen LogP contribution in [-0.2, 0) is 0 Å². The summed E-state index contributed by atoms with van der Waals surface area (Å²) in [6.07, 6.45) is 10.2.